The number of halogens is 1. The maximum absolute atomic E-state index is 11.1. The number of aryl methyl sites for hydroxylation is 1. The number of hydrogen-bond acceptors (Lipinski definition) is 2. The Morgan fingerprint density at radius 2 is 2.00 bits per heavy atom. The number of ether oxygens (including phenoxy) is 1. The van der Waals surface area contributed by atoms with Crippen molar-refractivity contribution in [1.82, 2.24) is 0 Å². The lowest BCUT2D eigenvalue weighted by Crippen LogP contribution is -2.14. The summed E-state index contributed by atoms with van der Waals surface area (Å²) in [4.78, 5) is 11.1. The molecule has 1 aliphatic rings. The lowest BCUT2D eigenvalue weighted by Gasteiger charge is -2.20. The number of rotatable bonds is 3. The van der Waals surface area contributed by atoms with Gasteiger partial charge in [0.05, 0.1) is 5.57 Å². The van der Waals surface area contributed by atoms with Gasteiger partial charge >= 0.3 is 5.97 Å². The molecule has 1 heterocycles. The van der Waals surface area contributed by atoms with Crippen LogP contribution < -0.4 is 4.74 Å². The predicted octanol–water partition coefficient (Wildman–Crippen LogP) is 4.43. The van der Waals surface area contributed by atoms with Crippen molar-refractivity contribution in [2.75, 3.05) is 6.61 Å². The molecule has 0 spiro atoms. The normalized spacial score (nSPS) is 13.1. The number of hydrogen-bond donors (Lipinski definition) is 1. The highest BCUT2D eigenvalue weighted by molar-refractivity contribution is 6.31. The zero-order valence-electron chi connectivity index (χ0n) is 12.1. The summed E-state index contributed by atoms with van der Waals surface area (Å²) in [5.74, 6) is -0.293. The summed E-state index contributed by atoms with van der Waals surface area (Å²) in [7, 11) is 0. The van der Waals surface area contributed by atoms with E-state index in [9.17, 15) is 4.79 Å². The Morgan fingerprint density at radius 3 is 2.64 bits per heavy atom. The van der Waals surface area contributed by atoms with Crippen molar-refractivity contribution >= 4 is 23.6 Å². The minimum Gasteiger partial charge on any atom is -0.487 e. The Balaban J connectivity index is 2.11. The van der Waals surface area contributed by atoms with Gasteiger partial charge in [0.1, 0.15) is 12.4 Å². The highest BCUT2D eigenvalue weighted by atomic mass is 35.5. The minimum absolute atomic E-state index is 0.0595. The predicted molar refractivity (Wildman–Crippen MR) is 87.4 cm³/mol. The molecular weight excluding hydrogens is 300 g/mol. The molecule has 0 saturated carbocycles. The van der Waals surface area contributed by atoms with E-state index in [1.54, 1.807) is 12.1 Å². The number of aliphatic carboxylic acids is 1. The molecule has 1 N–H and O–H groups in total. The Bertz CT molecular complexity index is 761. The second-order valence-electron chi connectivity index (χ2n) is 5.19. The van der Waals surface area contributed by atoms with Crippen LogP contribution in [0.5, 0.6) is 5.75 Å². The van der Waals surface area contributed by atoms with Crippen molar-refractivity contribution in [1.29, 1.82) is 0 Å². The molecule has 2 aromatic rings. The quantitative estimate of drug-likeness (QED) is 0.911. The van der Waals surface area contributed by atoms with E-state index in [1.165, 1.54) is 5.56 Å². The molecule has 0 bridgehead atoms. The molecule has 0 saturated heterocycles. The Hall–Kier alpha value is -2.26. The molecule has 0 amide bonds. The molecule has 0 unspecified atom stereocenters. The first-order chi connectivity index (χ1) is 10.6. The summed E-state index contributed by atoms with van der Waals surface area (Å²) < 4.78 is 5.69. The summed E-state index contributed by atoms with van der Waals surface area (Å²) in [5, 5.41) is 9.65. The lowest BCUT2D eigenvalue weighted by atomic mass is 9.97. The zero-order chi connectivity index (χ0) is 15.7. The topological polar surface area (TPSA) is 46.5 Å². The fourth-order valence-corrected chi connectivity index (χ4v) is 2.75. The summed E-state index contributed by atoms with van der Waals surface area (Å²) in [6.07, 6.45) is 2.60. The van der Waals surface area contributed by atoms with E-state index in [0.29, 0.717) is 16.3 Å². The van der Waals surface area contributed by atoms with Gasteiger partial charge in [-0.3, -0.25) is 0 Å². The summed E-state index contributed by atoms with van der Waals surface area (Å²) in [5.41, 5.74) is 4.07. The fourth-order valence-electron chi connectivity index (χ4n) is 2.52. The van der Waals surface area contributed by atoms with Crippen LogP contribution in [0.3, 0.4) is 0 Å². The van der Waals surface area contributed by atoms with E-state index in [2.05, 4.69) is 19.1 Å². The van der Waals surface area contributed by atoms with Gasteiger partial charge < -0.3 is 9.84 Å². The van der Waals surface area contributed by atoms with Gasteiger partial charge in [-0.05, 0) is 35.8 Å². The van der Waals surface area contributed by atoms with Crippen LogP contribution in [-0.4, -0.2) is 17.7 Å². The summed E-state index contributed by atoms with van der Waals surface area (Å²) >= 11 is 6.19. The van der Waals surface area contributed by atoms with Gasteiger partial charge in [0.25, 0.3) is 0 Å². The van der Waals surface area contributed by atoms with Crippen LogP contribution in [0, 0.1) is 0 Å². The summed E-state index contributed by atoms with van der Waals surface area (Å²) in [6, 6.07) is 11.8. The third-order valence-electron chi connectivity index (χ3n) is 3.73. The van der Waals surface area contributed by atoms with Crippen LogP contribution in [0.4, 0.5) is 0 Å². The van der Waals surface area contributed by atoms with Crippen molar-refractivity contribution in [3.05, 3.63) is 58.1 Å². The molecule has 3 rings (SSSR count). The van der Waals surface area contributed by atoms with Gasteiger partial charge in [-0.1, -0.05) is 42.8 Å². The van der Waals surface area contributed by atoms with E-state index < -0.39 is 5.97 Å². The Labute approximate surface area is 133 Å². The number of benzene rings is 2. The molecule has 22 heavy (non-hydrogen) atoms. The highest BCUT2D eigenvalue weighted by Gasteiger charge is 2.20. The monoisotopic (exact) mass is 314 g/mol. The average Bonchev–Trinajstić information content (AvgIpc) is 2.53. The number of carbonyl (C=O) groups is 1. The van der Waals surface area contributed by atoms with E-state index in [0.717, 1.165) is 17.5 Å². The van der Waals surface area contributed by atoms with Gasteiger partial charge in [-0.25, -0.2) is 4.79 Å². The molecule has 0 atom stereocenters. The third-order valence-corrected chi connectivity index (χ3v) is 3.95. The first-order valence-corrected chi connectivity index (χ1v) is 7.46. The summed E-state index contributed by atoms with van der Waals surface area (Å²) in [6.45, 7) is 2.17. The van der Waals surface area contributed by atoms with Crippen molar-refractivity contribution < 1.29 is 14.6 Å². The van der Waals surface area contributed by atoms with Crippen LogP contribution in [0.15, 0.2) is 42.0 Å². The molecule has 0 aliphatic carbocycles. The van der Waals surface area contributed by atoms with Crippen LogP contribution >= 0.6 is 11.6 Å². The lowest BCUT2D eigenvalue weighted by molar-refractivity contribution is -0.132. The van der Waals surface area contributed by atoms with Crippen molar-refractivity contribution in [3.63, 3.8) is 0 Å². The van der Waals surface area contributed by atoms with Gasteiger partial charge in [-0.15, -0.1) is 0 Å². The van der Waals surface area contributed by atoms with Crippen molar-refractivity contribution in [2.45, 2.75) is 13.3 Å². The Morgan fingerprint density at radius 1 is 1.27 bits per heavy atom. The van der Waals surface area contributed by atoms with E-state index in [1.807, 2.05) is 18.2 Å². The second-order valence-corrected chi connectivity index (χ2v) is 5.62. The van der Waals surface area contributed by atoms with Crippen LogP contribution in [0.1, 0.15) is 18.1 Å². The van der Waals surface area contributed by atoms with Crippen LogP contribution in [0.2, 0.25) is 5.02 Å². The molecule has 0 radical (unpaired) electrons. The largest absolute Gasteiger partial charge is 0.487 e. The molecular formula is C18H15ClO3. The smallest absolute Gasteiger partial charge is 0.335 e. The molecule has 0 fully saturated rings. The number of carboxylic acid groups (broad SMARTS) is 1. The SMILES string of the molecule is CCc1ccc(-c2cc(Cl)cc3c2OCC(C(=O)O)=C3)cc1. The maximum Gasteiger partial charge on any atom is 0.335 e. The molecule has 1 aliphatic heterocycles. The highest BCUT2D eigenvalue weighted by Crippen LogP contribution is 2.39. The van der Waals surface area contributed by atoms with Crippen molar-refractivity contribution in [2.24, 2.45) is 0 Å². The molecule has 2 aromatic carbocycles. The van der Waals surface area contributed by atoms with Gasteiger partial charge in [0, 0.05) is 16.1 Å². The van der Waals surface area contributed by atoms with E-state index in [4.69, 9.17) is 21.4 Å². The van der Waals surface area contributed by atoms with Crippen LogP contribution in [0.25, 0.3) is 17.2 Å². The van der Waals surface area contributed by atoms with E-state index >= 15 is 0 Å². The molecule has 4 heteroatoms. The molecule has 112 valence electrons. The average molecular weight is 315 g/mol. The van der Waals surface area contributed by atoms with Gasteiger partial charge in [-0.2, -0.15) is 0 Å². The van der Waals surface area contributed by atoms with Crippen LogP contribution in [-0.2, 0) is 11.2 Å². The van der Waals surface area contributed by atoms with E-state index in [-0.39, 0.29) is 12.2 Å². The number of carboxylic acids is 1. The van der Waals surface area contributed by atoms with Crippen molar-refractivity contribution in [3.8, 4) is 16.9 Å². The molecule has 3 nitrogen and oxygen atoms in total. The molecule has 0 aromatic heterocycles. The standard InChI is InChI=1S/C18H15ClO3/c1-2-11-3-5-12(6-4-11)16-9-15(19)8-13-7-14(18(20)21)10-22-17(13)16/h3-9H,2,10H2,1H3,(H,20,21). The fraction of sp³-hybridized carbons (Fsp3) is 0.167. The third kappa shape index (κ3) is 2.72. The maximum atomic E-state index is 11.1. The Kier molecular flexibility index (Phi) is 3.90. The van der Waals surface area contributed by atoms with Gasteiger partial charge in [0.15, 0.2) is 0 Å². The second kappa shape index (κ2) is 5.85. The number of fused-ring (bicyclic) bond motifs is 1. The first-order valence-electron chi connectivity index (χ1n) is 7.08. The first kappa shape index (κ1) is 14.7. The van der Waals surface area contributed by atoms with Gasteiger partial charge in [0.2, 0.25) is 0 Å². The zero-order valence-corrected chi connectivity index (χ0v) is 12.9. The minimum atomic E-state index is -0.973.